The fourth-order valence-electron chi connectivity index (χ4n) is 4.07. The highest BCUT2D eigenvalue weighted by atomic mass is 35.5. The first-order valence-corrected chi connectivity index (χ1v) is 11.3. The van der Waals surface area contributed by atoms with Gasteiger partial charge in [-0.15, -0.1) is 0 Å². The van der Waals surface area contributed by atoms with Crippen LogP contribution in [0.5, 0.6) is 0 Å². The predicted molar refractivity (Wildman–Crippen MR) is 119 cm³/mol. The summed E-state index contributed by atoms with van der Waals surface area (Å²) in [6.45, 7) is 4.24. The standard InChI is InChI=1S/C23H22ClN3OS/c1-3-16-13-29-23-26-21(18-6-4-5-11-25-18)22(27(16)23)20-10-9-19(28-20)15-8-7-14(2)17(24)12-15/h4-12,16,21-22H,3,13H2,1-2H3/t16-,21-,22-/m1/s1. The Labute approximate surface area is 180 Å². The van der Waals surface area contributed by atoms with Crippen molar-refractivity contribution < 1.29 is 4.42 Å². The number of rotatable bonds is 4. The number of nitrogens with zero attached hydrogens (tertiary/aromatic N) is 3. The molecule has 6 heteroatoms. The lowest BCUT2D eigenvalue weighted by atomic mass is 10.0. The van der Waals surface area contributed by atoms with Crippen molar-refractivity contribution in [3.63, 3.8) is 0 Å². The van der Waals surface area contributed by atoms with E-state index in [4.69, 9.17) is 21.0 Å². The van der Waals surface area contributed by atoms with Crippen LogP contribution in [0.1, 0.15) is 42.4 Å². The first-order valence-electron chi connectivity index (χ1n) is 9.92. The molecule has 0 amide bonds. The Hall–Kier alpha value is -2.24. The molecule has 2 aliphatic rings. The SMILES string of the molecule is CC[C@@H]1CSC2=N[C@H](c3ccccn3)[C@@H](c3ccc(-c4ccc(C)c(Cl)c4)o3)N21. The molecule has 2 aliphatic heterocycles. The van der Waals surface area contributed by atoms with Crippen LogP contribution in [0.25, 0.3) is 11.3 Å². The zero-order valence-electron chi connectivity index (χ0n) is 16.4. The van der Waals surface area contributed by atoms with Gasteiger partial charge in [0, 0.05) is 28.6 Å². The van der Waals surface area contributed by atoms with Gasteiger partial charge < -0.3 is 9.32 Å². The van der Waals surface area contributed by atoms with Gasteiger partial charge in [-0.3, -0.25) is 4.98 Å². The molecule has 3 atom stereocenters. The normalized spacial score (nSPS) is 23.3. The summed E-state index contributed by atoms with van der Waals surface area (Å²) in [4.78, 5) is 12.1. The minimum Gasteiger partial charge on any atom is -0.459 e. The number of aliphatic imine (C=N–C) groups is 1. The van der Waals surface area contributed by atoms with Crippen LogP contribution in [0.4, 0.5) is 0 Å². The molecule has 0 aliphatic carbocycles. The fourth-order valence-corrected chi connectivity index (χ4v) is 5.59. The molecular weight excluding hydrogens is 402 g/mol. The summed E-state index contributed by atoms with van der Waals surface area (Å²) in [7, 11) is 0. The number of aromatic nitrogens is 1. The molecule has 1 saturated heterocycles. The predicted octanol–water partition coefficient (Wildman–Crippen LogP) is 6.28. The molecular formula is C23H22ClN3OS. The van der Waals surface area contributed by atoms with Crippen LogP contribution in [-0.2, 0) is 0 Å². The number of hydrogen-bond acceptors (Lipinski definition) is 5. The van der Waals surface area contributed by atoms with E-state index in [0.717, 1.165) is 50.7 Å². The molecule has 1 aromatic carbocycles. The van der Waals surface area contributed by atoms with Gasteiger partial charge in [-0.05, 0) is 49.2 Å². The van der Waals surface area contributed by atoms with E-state index in [-0.39, 0.29) is 12.1 Å². The van der Waals surface area contributed by atoms with Crippen LogP contribution in [0, 0.1) is 6.92 Å². The fraction of sp³-hybridized carbons (Fsp3) is 0.304. The van der Waals surface area contributed by atoms with E-state index < -0.39 is 0 Å². The molecule has 0 saturated carbocycles. The highest BCUT2D eigenvalue weighted by molar-refractivity contribution is 8.14. The first-order chi connectivity index (χ1) is 14.2. The van der Waals surface area contributed by atoms with Gasteiger partial charge >= 0.3 is 0 Å². The number of pyridine rings is 1. The monoisotopic (exact) mass is 423 g/mol. The topological polar surface area (TPSA) is 41.6 Å². The van der Waals surface area contributed by atoms with Gasteiger partial charge in [0.1, 0.15) is 23.6 Å². The summed E-state index contributed by atoms with van der Waals surface area (Å²) in [5.74, 6) is 2.82. The van der Waals surface area contributed by atoms with Gasteiger partial charge in [0.2, 0.25) is 0 Å². The van der Waals surface area contributed by atoms with Crippen LogP contribution < -0.4 is 0 Å². The van der Waals surface area contributed by atoms with Crippen molar-refractivity contribution in [2.75, 3.05) is 5.75 Å². The van der Waals surface area contributed by atoms with Crippen molar-refractivity contribution >= 4 is 28.5 Å². The van der Waals surface area contributed by atoms with Gasteiger partial charge in [-0.1, -0.05) is 48.5 Å². The smallest absolute Gasteiger partial charge is 0.161 e. The van der Waals surface area contributed by atoms with Crippen LogP contribution in [0.15, 0.2) is 64.1 Å². The summed E-state index contributed by atoms with van der Waals surface area (Å²) < 4.78 is 6.39. The van der Waals surface area contributed by atoms with Gasteiger partial charge in [-0.2, -0.15) is 0 Å². The van der Waals surface area contributed by atoms with Crippen LogP contribution in [0.3, 0.4) is 0 Å². The zero-order chi connectivity index (χ0) is 20.0. The maximum absolute atomic E-state index is 6.39. The van der Waals surface area contributed by atoms with Crippen molar-refractivity contribution in [2.45, 2.75) is 38.4 Å². The van der Waals surface area contributed by atoms with E-state index in [1.165, 1.54) is 0 Å². The second-order valence-corrected chi connectivity index (χ2v) is 8.90. The first kappa shape index (κ1) is 18.8. The largest absolute Gasteiger partial charge is 0.459 e. The third-order valence-corrected chi connectivity index (χ3v) is 7.24. The van der Waals surface area contributed by atoms with Gasteiger partial charge in [0.25, 0.3) is 0 Å². The summed E-state index contributed by atoms with van der Waals surface area (Å²) >= 11 is 8.17. The molecule has 29 heavy (non-hydrogen) atoms. The summed E-state index contributed by atoms with van der Waals surface area (Å²) in [6, 6.07) is 16.6. The van der Waals surface area contributed by atoms with Crippen LogP contribution in [-0.4, -0.2) is 26.8 Å². The number of thioether (sulfide) groups is 1. The Morgan fingerprint density at radius 2 is 2.10 bits per heavy atom. The Bertz CT molecular complexity index is 1060. The van der Waals surface area contributed by atoms with E-state index in [0.29, 0.717) is 6.04 Å². The Balaban J connectivity index is 1.55. The van der Waals surface area contributed by atoms with Crippen LogP contribution >= 0.6 is 23.4 Å². The van der Waals surface area contributed by atoms with Gasteiger partial charge in [0.15, 0.2) is 5.17 Å². The molecule has 5 rings (SSSR count). The van der Waals surface area contributed by atoms with E-state index >= 15 is 0 Å². The molecule has 0 radical (unpaired) electrons. The highest BCUT2D eigenvalue weighted by Gasteiger charge is 2.46. The highest BCUT2D eigenvalue weighted by Crippen LogP contribution is 2.49. The number of furan rings is 1. The summed E-state index contributed by atoms with van der Waals surface area (Å²) in [5, 5.41) is 1.86. The van der Waals surface area contributed by atoms with E-state index in [1.54, 1.807) is 0 Å². The minimum absolute atomic E-state index is 0.0227. The molecule has 4 nitrogen and oxygen atoms in total. The number of amidine groups is 1. The Morgan fingerprint density at radius 1 is 1.21 bits per heavy atom. The average molecular weight is 424 g/mol. The average Bonchev–Trinajstić information content (AvgIpc) is 3.45. The molecule has 1 fully saturated rings. The molecule has 0 bridgehead atoms. The number of fused-ring (bicyclic) bond motifs is 1. The number of benzene rings is 1. The second kappa shape index (κ2) is 7.54. The van der Waals surface area contributed by atoms with Crippen LogP contribution in [0.2, 0.25) is 5.02 Å². The van der Waals surface area contributed by atoms with E-state index in [2.05, 4.69) is 35.0 Å². The molecule has 2 aromatic heterocycles. The van der Waals surface area contributed by atoms with E-state index in [9.17, 15) is 0 Å². The van der Waals surface area contributed by atoms with Crippen molar-refractivity contribution in [2.24, 2.45) is 4.99 Å². The Morgan fingerprint density at radius 3 is 2.86 bits per heavy atom. The lowest BCUT2D eigenvalue weighted by molar-refractivity contribution is 0.226. The van der Waals surface area contributed by atoms with Gasteiger partial charge in [0.05, 0.1) is 5.69 Å². The molecule has 3 aromatic rings. The van der Waals surface area contributed by atoms with E-state index in [1.807, 2.05) is 55.2 Å². The molecule has 0 spiro atoms. The number of hydrogen-bond donors (Lipinski definition) is 0. The minimum atomic E-state index is -0.0614. The lowest BCUT2D eigenvalue weighted by Crippen LogP contribution is -2.35. The summed E-state index contributed by atoms with van der Waals surface area (Å²) in [6.07, 6.45) is 2.92. The maximum atomic E-state index is 6.39. The maximum Gasteiger partial charge on any atom is 0.161 e. The van der Waals surface area contributed by atoms with Crippen molar-refractivity contribution in [1.82, 2.24) is 9.88 Å². The van der Waals surface area contributed by atoms with Crippen molar-refractivity contribution in [3.8, 4) is 11.3 Å². The third-order valence-electron chi connectivity index (χ3n) is 5.70. The molecule has 148 valence electrons. The number of aryl methyl sites for hydroxylation is 1. The molecule has 4 heterocycles. The zero-order valence-corrected chi connectivity index (χ0v) is 18.0. The van der Waals surface area contributed by atoms with Crippen molar-refractivity contribution in [3.05, 3.63) is 76.8 Å². The molecule has 0 unspecified atom stereocenters. The second-order valence-electron chi connectivity index (χ2n) is 7.50. The Kier molecular flexibility index (Phi) is 4.88. The van der Waals surface area contributed by atoms with Gasteiger partial charge in [-0.25, -0.2) is 4.99 Å². The van der Waals surface area contributed by atoms with Crippen molar-refractivity contribution in [1.29, 1.82) is 0 Å². The number of halogens is 1. The summed E-state index contributed by atoms with van der Waals surface area (Å²) in [5.41, 5.74) is 3.03. The third kappa shape index (κ3) is 3.26. The lowest BCUT2D eigenvalue weighted by Gasteiger charge is -2.30. The molecule has 0 N–H and O–H groups in total. The quantitative estimate of drug-likeness (QED) is 0.495.